The number of nitrogens with two attached hydrogens (primary N) is 1. The van der Waals surface area contributed by atoms with Crippen LogP contribution < -0.4 is 16.6 Å². The van der Waals surface area contributed by atoms with Crippen molar-refractivity contribution < 1.29 is 4.79 Å². The summed E-state index contributed by atoms with van der Waals surface area (Å²) in [4.78, 5) is 30.0. The Morgan fingerprint density at radius 2 is 2.40 bits per heavy atom. The van der Waals surface area contributed by atoms with Gasteiger partial charge in [-0.1, -0.05) is 25.1 Å². The van der Waals surface area contributed by atoms with Crippen molar-refractivity contribution >= 4 is 17.7 Å². The van der Waals surface area contributed by atoms with Crippen LogP contribution in [0.25, 0.3) is 0 Å². The summed E-state index contributed by atoms with van der Waals surface area (Å²) in [5.41, 5.74) is 6.00. The quantitative estimate of drug-likeness (QED) is 0.477. The Morgan fingerprint density at radius 1 is 1.65 bits per heavy atom. The zero-order valence-electron chi connectivity index (χ0n) is 11.5. The van der Waals surface area contributed by atoms with Gasteiger partial charge in [-0.25, -0.2) is 4.98 Å². The molecule has 1 aromatic rings. The third-order valence-electron chi connectivity index (χ3n) is 3.02. The maximum atomic E-state index is 11.5. The molecule has 0 saturated heterocycles. The Hall–Kier alpha value is -1.34. The molecule has 1 aliphatic carbocycles. The average Bonchev–Trinajstić information content (AvgIpc) is 3.17. The fourth-order valence-electron chi connectivity index (χ4n) is 1.85. The van der Waals surface area contributed by atoms with E-state index in [4.69, 9.17) is 5.73 Å². The second kappa shape index (κ2) is 6.90. The number of nitrogens with one attached hydrogen (secondary N) is 2. The highest BCUT2D eigenvalue weighted by atomic mass is 32.2. The van der Waals surface area contributed by atoms with E-state index in [1.165, 1.54) is 17.8 Å². The van der Waals surface area contributed by atoms with Gasteiger partial charge in [-0.2, -0.15) is 0 Å². The van der Waals surface area contributed by atoms with Crippen molar-refractivity contribution in [1.82, 2.24) is 15.3 Å². The van der Waals surface area contributed by atoms with E-state index in [1.807, 2.05) is 6.92 Å². The third-order valence-corrected chi connectivity index (χ3v) is 3.99. The topological polar surface area (TPSA) is 101 Å². The van der Waals surface area contributed by atoms with Crippen molar-refractivity contribution in [2.45, 2.75) is 49.8 Å². The Balaban J connectivity index is 1.97. The van der Waals surface area contributed by atoms with Crippen molar-refractivity contribution in [3.05, 3.63) is 22.1 Å². The van der Waals surface area contributed by atoms with Gasteiger partial charge in [0, 0.05) is 23.6 Å². The Morgan fingerprint density at radius 3 is 3.00 bits per heavy atom. The number of rotatable bonds is 8. The molecule has 1 unspecified atom stereocenters. The fourth-order valence-corrected chi connectivity index (χ4v) is 2.78. The second-order valence-corrected chi connectivity index (χ2v) is 6.01. The molecule has 1 fully saturated rings. The van der Waals surface area contributed by atoms with Crippen LogP contribution in [0.2, 0.25) is 0 Å². The summed E-state index contributed by atoms with van der Waals surface area (Å²) in [6.45, 7) is 2.04. The summed E-state index contributed by atoms with van der Waals surface area (Å²) in [7, 11) is 0. The minimum absolute atomic E-state index is 0.156. The van der Waals surface area contributed by atoms with Crippen molar-refractivity contribution in [2.75, 3.05) is 5.75 Å². The lowest BCUT2D eigenvalue weighted by atomic mass is 10.2. The van der Waals surface area contributed by atoms with Crippen molar-refractivity contribution in [3.8, 4) is 0 Å². The number of aromatic nitrogens is 2. The van der Waals surface area contributed by atoms with Gasteiger partial charge in [-0.15, -0.1) is 0 Å². The molecule has 0 aromatic carbocycles. The largest absolute Gasteiger partial charge is 0.368 e. The number of hydrogen-bond acceptors (Lipinski definition) is 5. The molecular weight excluding hydrogens is 276 g/mol. The van der Waals surface area contributed by atoms with Crippen LogP contribution in [0, 0.1) is 0 Å². The van der Waals surface area contributed by atoms with Crippen LogP contribution in [0.15, 0.2) is 16.0 Å². The van der Waals surface area contributed by atoms with Crippen LogP contribution in [0.3, 0.4) is 0 Å². The number of carbonyl (C=O) groups excluding carboxylic acids is 1. The zero-order valence-corrected chi connectivity index (χ0v) is 12.3. The zero-order chi connectivity index (χ0) is 14.5. The summed E-state index contributed by atoms with van der Waals surface area (Å²) in [5.74, 6) is 0.112. The summed E-state index contributed by atoms with van der Waals surface area (Å²) < 4.78 is 0. The first-order valence-electron chi connectivity index (χ1n) is 6.87. The molecule has 1 aliphatic rings. The Bertz CT molecular complexity index is 527. The first kappa shape index (κ1) is 15.1. The van der Waals surface area contributed by atoms with Crippen LogP contribution in [-0.2, 0) is 11.2 Å². The van der Waals surface area contributed by atoms with E-state index in [2.05, 4.69) is 15.3 Å². The number of aryl methyl sites for hydroxylation is 1. The summed E-state index contributed by atoms with van der Waals surface area (Å²) in [6, 6.07) is 1.54. The van der Waals surface area contributed by atoms with E-state index >= 15 is 0 Å². The van der Waals surface area contributed by atoms with Crippen LogP contribution >= 0.6 is 11.8 Å². The van der Waals surface area contributed by atoms with Gasteiger partial charge in [0.15, 0.2) is 5.16 Å². The minimum Gasteiger partial charge on any atom is -0.368 e. The first-order valence-corrected chi connectivity index (χ1v) is 7.85. The predicted octanol–water partition coefficient (Wildman–Crippen LogP) is 0.420. The predicted molar refractivity (Wildman–Crippen MR) is 78.7 cm³/mol. The van der Waals surface area contributed by atoms with E-state index < -0.39 is 0 Å². The van der Waals surface area contributed by atoms with E-state index in [1.54, 1.807) is 0 Å². The van der Waals surface area contributed by atoms with Gasteiger partial charge in [0.1, 0.15) is 0 Å². The Labute approximate surface area is 121 Å². The molecule has 1 aromatic heterocycles. The van der Waals surface area contributed by atoms with Crippen molar-refractivity contribution in [1.29, 1.82) is 0 Å². The fraction of sp³-hybridized carbons (Fsp3) is 0.615. The number of amides is 1. The molecule has 1 atom stereocenters. The summed E-state index contributed by atoms with van der Waals surface area (Å²) in [6.07, 6.45) is 3.90. The van der Waals surface area contributed by atoms with E-state index in [-0.39, 0.29) is 17.5 Å². The molecule has 0 spiro atoms. The molecule has 0 aliphatic heterocycles. The van der Waals surface area contributed by atoms with Crippen LogP contribution in [0.5, 0.6) is 0 Å². The van der Waals surface area contributed by atoms with E-state index in [0.717, 1.165) is 31.4 Å². The van der Waals surface area contributed by atoms with Crippen LogP contribution in [0.1, 0.15) is 31.9 Å². The lowest BCUT2D eigenvalue weighted by molar-refractivity contribution is -0.119. The van der Waals surface area contributed by atoms with Crippen LogP contribution in [0.4, 0.5) is 0 Å². The molecular formula is C13H20N4O2S. The van der Waals surface area contributed by atoms with Crippen molar-refractivity contribution in [3.63, 3.8) is 0 Å². The highest BCUT2D eigenvalue weighted by molar-refractivity contribution is 7.99. The normalized spacial score (nSPS) is 16.1. The molecule has 2 rings (SSSR count). The first-order chi connectivity index (χ1) is 9.58. The number of hydrogen-bond donors (Lipinski definition) is 3. The number of aromatic amines is 1. The number of primary amides is 1. The maximum absolute atomic E-state index is 11.5. The van der Waals surface area contributed by atoms with Gasteiger partial charge in [0.25, 0.3) is 5.56 Å². The number of nitrogens with zero attached hydrogens (tertiary/aromatic N) is 1. The summed E-state index contributed by atoms with van der Waals surface area (Å²) >= 11 is 1.35. The maximum Gasteiger partial charge on any atom is 0.251 e. The number of thioether (sulfide) groups is 1. The molecule has 7 heteroatoms. The third kappa shape index (κ3) is 4.64. The number of H-pyrrole nitrogens is 1. The summed E-state index contributed by atoms with van der Waals surface area (Å²) in [5, 5.41) is 3.75. The molecule has 1 amide bonds. The Kier molecular flexibility index (Phi) is 5.19. The minimum atomic E-state index is -0.382. The second-order valence-electron chi connectivity index (χ2n) is 5.00. The molecule has 1 saturated carbocycles. The molecule has 20 heavy (non-hydrogen) atoms. The van der Waals surface area contributed by atoms with Gasteiger partial charge in [-0.05, 0) is 19.3 Å². The molecule has 1 heterocycles. The molecule has 0 bridgehead atoms. The molecule has 110 valence electrons. The molecule has 4 N–H and O–H groups in total. The van der Waals surface area contributed by atoms with Gasteiger partial charge in [0.2, 0.25) is 5.91 Å². The molecule has 0 radical (unpaired) electrons. The highest BCUT2D eigenvalue weighted by Crippen LogP contribution is 2.21. The van der Waals surface area contributed by atoms with Gasteiger partial charge in [0.05, 0.1) is 6.04 Å². The highest BCUT2D eigenvalue weighted by Gasteiger charge is 2.27. The lowest BCUT2D eigenvalue weighted by Crippen LogP contribution is -2.44. The lowest BCUT2D eigenvalue weighted by Gasteiger charge is -2.14. The SMILES string of the molecule is CCCc1cc(=O)[nH]c(SCC(NC2CC2)C(N)=O)n1. The van der Waals surface area contributed by atoms with Gasteiger partial charge >= 0.3 is 0 Å². The van der Waals surface area contributed by atoms with Gasteiger partial charge in [-0.3, -0.25) is 9.59 Å². The smallest absolute Gasteiger partial charge is 0.251 e. The van der Waals surface area contributed by atoms with Crippen molar-refractivity contribution in [2.24, 2.45) is 5.73 Å². The van der Waals surface area contributed by atoms with E-state index in [0.29, 0.717) is 17.0 Å². The van der Waals surface area contributed by atoms with Gasteiger partial charge < -0.3 is 16.0 Å². The van der Waals surface area contributed by atoms with Crippen LogP contribution in [-0.4, -0.2) is 33.7 Å². The number of carbonyl (C=O) groups is 1. The molecule has 6 nitrogen and oxygen atoms in total. The average molecular weight is 296 g/mol. The van der Waals surface area contributed by atoms with E-state index in [9.17, 15) is 9.59 Å². The monoisotopic (exact) mass is 296 g/mol. The standard InChI is InChI=1S/C13H20N4O2S/c1-2-3-9-6-11(18)17-13(16-9)20-7-10(12(14)19)15-8-4-5-8/h6,8,10,15H,2-5,7H2,1H3,(H2,14,19)(H,16,17,18).